The van der Waals surface area contributed by atoms with Gasteiger partial charge < -0.3 is 19.9 Å². The second-order valence-electron chi connectivity index (χ2n) is 7.10. The van der Waals surface area contributed by atoms with Crippen molar-refractivity contribution in [1.29, 1.82) is 0 Å². The van der Waals surface area contributed by atoms with Gasteiger partial charge in [0, 0.05) is 31.7 Å². The molecule has 0 saturated carbocycles. The van der Waals surface area contributed by atoms with Gasteiger partial charge in [0.15, 0.2) is 0 Å². The highest BCUT2D eigenvalue weighted by atomic mass is 16.5. The molecule has 2 aliphatic rings. The maximum absolute atomic E-state index is 5.91. The fourth-order valence-corrected chi connectivity index (χ4v) is 3.39. The smallest absolute Gasteiger partial charge is 0.0852 e. The lowest BCUT2D eigenvalue weighted by atomic mass is 10.0. The van der Waals surface area contributed by atoms with E-state index >= 15 is 0 Å². The molecule has 0 aromatic heterocycles. The van der Waals surface area contributed by atoms with Crippen LogP contribution in [0.25, 0.3) is 0 Å². The molecule has 1 N–H and O–H groups in total. The van der Waals surface area contributed by atoms with Gasteiger partial charge in [-0.1, -0.05) is 13.8 Å². The zero-order valence-electron chi connectivity index (χ0n) is 13.8. The van der Waals surface area contributed by atoms with Crippen LogP contribution in [0.2, 0.25) is 0 Å². The van der Waals surface area contributed by atoms with Crippen LogP contribution >= 0.6 is 0 Å². The minimum atomic E-state index is 0.349. The lowest BCUT2D eigenvalue weighted by Gasteiger charge is -2.38. The summed E-state index contributed by atoms with van der Waals surface area (Å²) in [5, 5.41) is 3.80. The first-order chi connectivity index (χ1) is 9.54. The standard InChI is InChI=1S/C16H33N3O/c1-13(2)11-19-7-5-15(6-8-19)17-14(3)16-12-18(4)9-10-20-16/h13-17H,5-12H2,1-4H3. The van der Waals surface area contributed by atoms with Gasteiger partial charge in [-0.25, -0.2) is 0 Å². The number of hydrogen-bond donors (Lipinski definition) is 1. The molecule has 0 aliphatic carbocycles. The van der Waals surface area contributed by atoms with Gasteiger partial charge in [-0.15, -0.1) is 0 Å². The molecule has 0 bridgehead atoms. The molecule has 0 amide bonds. The molecule has 2 rings (SSSR count). The Balaban J connectivity index is 1.69. The topological polar surface area (TPSA) is 27.7 Å². The van der Waals surface area contributed by atoms with Crippen molar-refractivity contribution in [3.63, 3.8) is 0 Å². The first-order valence-electron chi connectivity index (χ1n) is 8.33. The summed E-state index contributed by atoms with van der Waals surface area (Å²) in [4.78, 5) is 4.98. The number of nitrogens with zero attached hydrogens (tertiary/aromatic N) is 2. The molecule has 4 heteroatoms. The Bertz CT molecular complexity index is 277. The fourth-order valence-electron chi connectivity index (χ4n) is 3.39. The summed E-state index contributed by atoms with van der Waals surface area (Å²) in [6.45, 7) is 13.6. The third-order valence-electron chi connectivity index (χ3n) is 4.56. The number of likely N-dealkylation sites (N-methyl/N-ethyl adjacent to an activating group) is 1. The summed E-state index contributed by atoms with van der Waals surface area (Å²) in [6, 6.07) is 1.13. The molecule has 2 saturated heterocycles. The van der Waals surface area contributed by atoms with E-state index in [0.29, 0.717) is 18.2 Å². The lowest BCUT2D eigenvalue weighted by Crippen LogP contribution is -2.54. The SMILES string of the molecule is CC(C)CN1CCC(NC(C)C2CN(C)CCO2)CC1. The summed E-state index contributed by atoms with van der Waals surface area (Å²) in [7, 11) is 2.19. The molecule has 2 aliphatic heterocycles. The molecular formula is C16H33N3O. The quantitative estimate of drug-likeness (QED) is 0.826. The summed E-state index contributed by atoms with van der Waals surface area (Å²) in [5.41, 5.74) is 0. The monoisotopic (exact) mass is 283 g/mol. The Morgan fingerprint density at radius 2 is 1.85 bits per heavy atom. The maximum Gasteiger partial charge on any atom is 0.0852 e. The minimum Gasteiger partial charge on any atom is -0.374 e. The highest BCUT2D eigenvalue weighted by Crippen LogP contribution is 2.15. The van der Waals surface area contributed by atoms with E-state index in [1.807, 2.05) is 0 Å². The van der Waals surface area contributed by atoms with Crippen molar-refractivity contribution in [2.75, 3.05) is 46.4 Å². The third-order valence-corrected chi connectivity index (χ3v) is 4.56. The van der Waals surface area contributed by atoms with E-state index in [4.69, 9.17) is 4.74 Å². The molecule has 2 unspecified atom stereocenters. The van der Waals surface area contributed by atoms with E-state index < -0.39 is 0 Å². The van der Waals surface area contributed by atoms with Crippen LogP contribution in [0.1, 0.15) is 33.6 Å². The van der Waals surface area contributed by atoms with Crippen LogP contribution in [-0.4, -0.2) is 74.4 Å². The second kappa shape index (κ2) is 7.74. The predicted molar refractivity (Wildman–Crippen MR) is 84.1 cm³/mol. The highest BCUT2D eigenvalue weighted by molar-refractivity contribution is 4.85. The van der Waals surface area contributed by atoms with E-state index in [2.05, 4.69) is 42.9 Å². The summed E-state index contributed by atoms with van der Waals surface area (Å²) >= 11 is 0. The Labute approximate surface area is 124 Å². The summed E-state index contributed by atoms with van der Waals surface area (Å²) in [6.07, 6.45) is 2.90. The molecule has 4 nitrogen and oxygen atoms in total. The van der Waals surface area contributed by atoms with Crippen molar-refractivity contribution in [2.24, 2.45) is 5.92 Å². The van der Waals surface area contributed by atoms with Crippen molar-refractivity contribution in [3.8, 4) is 0 Å². The lowest BCUT2D eigenvalue weighted by molar-refractivity contribution is -0.0383. The number of ether oxygens (including phenoxy) is 1. The highest BCUT2D eigenvalue weighted by Gasteiger charge is 2.27. The van der Waals surface area contributed by atoms with Gasteiger partial charge in [0.2, 0.25) is 0 Å². The molecule has 0 aromatic carbocycles. The Morgan fingerprint density at radius 1 is 1.15 bits per heavy atom. The molecule has 20 heavy (non-hydrogen) atoms. The van der Waals surface area contributed by atoms with Gasteiger partial charge in [-0.2, -0.15) is 0 Å². The average molecular weight is 283 g/mol. The van der Waals surface area contributed by atoms with Crippen molar-refractivity contribution >= 4 is 0 Å². The fraction of sp³-hybridized carbons (Fsp3) is 1.00. The van der Waals surface area contributed by atoms with Gasteiger partial charge in [0.1, 0.15) is 0 Å². The van der Waals surface area contributed by atoms with Crippen molar-refractivity contribution in [3.05, 3.63) is 0 Å². The largest absolute Gasteiger partial charge is 0.374 e. The van der Waals surface area contributed by atoms with E-state index in [1.165, 1.54) is 32.5 Å². The van der Waals surface area contributed by atoms with Crippen LogP contribution in [0.3, 0.4) is 0 Å². The first-order valence-corrected chi connectivity index (χ1v) is 8.33. The predicted octanol–water partition coefficient (Wildman–Crippen LogP) is 1.42. The van der Waals surface area contributed by atoms with Gasteiger partial charge in [-0.05, 0) is 45.8 Å². The number of rotatable bonds is 5. The number of morpholine rings is 1. The summed E-state index contributed by atoms with van der Waals surface area (Å²) in [5.74, 6) is 0.782. The number of nitrogens with one attached hydrogen (secondary N) is 1. The Morgan fingerprint density at radius 3 is 2.45 bits per heavy atom. The van der Waals surface area contributed by atoms with Gasteiger partial charge in [0.05, 0.1) is 12.7 Å². The van der Waals surface area contributed by atoms with E-state index in [1.54, 1.807) is 0 Å². The molecule has 2 atom stereocenters. The van der Waals surface area contributed by atoms with Gasteiger partial charge >= 0.3 is 0 Å². The van der Waals surface area contributed by atoms with Crippen LogP contribution < -0.4 is 5.32 Å². The Kier molecular flexibility index (Phi) is 6.27. The second-order valence-corrected chi connectivity index (χ2v) is 7.10. The molecule has 0 spiro atoms. The molecule has 0 radical (unpaired) electrons. The van der Waals surface area contributed by atoms with Crippen LogP contribution in [0.15, 0.2) is 0 Å². The van der Waals surface area contributed by atoms with Gasteiger partial charge in [-0.3, -0.25) is 0 Å². The summed E-state index contributed by atoms with van der Waals surface area (Å²) < 4.78 is 5.91. The number of hydrogen-bond acceptors (Lipinski definition) is 4. The van der Waals surface area contributed by atoms with Crippen LogP contribution in [0, 0.1) is 5.92 Å². The van der Waals surface area contributed by atoms with E-state index in [-0.39, 0.29) is 0 Å². The molecule has 2 fully saturated rings. The Hall–Kier alpha value is -0.160. The van der Waals surface area contributed by atoms with Crippen LogP contribution in [0.4, 0.5) is 0 Å². The first kappa shape index (κ1) is 16.2. The van der Waals surface area contributed by atoms with Crippen molar-refractivity contribution < 1.29 is 4.74 Å². The van der Waals surface area contributed by atoms with Crippen LogP contribution in [-0.2, 0) is 4.74 Å². The van der Waals surface area contributed by atoms with Crippen LogP contribution in [0.5, 0.6) is 0 Å². The number of piperidine rings is 1. The maximum atomic E-state index is 5.91. The molecule has 0 aromatic rings. The zero-order chi connectivity index (χ0) is 14.5. The van der Waals surface area contributed by atoms with Crippen molar-refractivity contribution in [1.82, 2.24) is 15.1 Å². The molecule has 2 heterocycles. The van der Waals surface area contributed by atoms with Gasteiger partial charge in [0.25, 0.3) is 0 Å². The minimum absolute atomic E-state index is 0.349. The van der Waals surface area contributed by atoms with E-state index in [9.17, 15) is 0 Å². The molecule has 118 valence electrons. The zero-order valence-corrected chi connectivity index (χ0v) is 13.8. The molecular weight excluding hydrogens is 250 g/mol. The van der Waals surface area contributed by atoms with E-state index in [0.717, 1.165) is 25.6 Å². The third kappa shape index (κ3) is 4.99. The normalized spacial score (nSPS) is 28.9. The van der Waals surface area contributed by atoms with Crippen molar-refractivity contribution in [2.45, 2.75) is 51.8 Å². The number of likely N-dealkylation sites (tertiary alicyclic amines) is 1. The average Bonchev–Trinajstić information content (AvgIpc) is 2.40.